The Bertz CT molecular complexity index is 456. The molecule has 2 rings (SSSR count). The van der Waals surface area contributed by atoms with E-state index in [0.717, 1.165) is 43.9 Å². The number of carbonyl (C=O) groups is 1. The third-order valence-corrected chi connectivity index (χ3v) is 3.90. The molecule has 98 valence electrons. The van der Waals surface area contributed by atoms with Crippen molar-refractivity contribution in [3.63, 3.8) is 0 Å². The van der Waals surface area contributed by atoms with Gasteiger partial charge in [0.05, 0.1) is 5.56 Å². The van der Waals surface area contributed by atoms with Crippen LogP contribution in [0.15, 0.2) is 18.2 Å². The average molecular weight is 252 g/mol. The number of hydrogen-bond donors (Lipinski definition) is 0. The molecule has 1 aromatic rings. The fourth-order valence-electron chi connectivity index (χ4n) is 2.57. The lowest BCUT2D eigenvalue weighted by Gasteiger charge is -2.33. The Morgan fingerprint density at radius 3 is 2.44 bits per heavy atom. The molecule has 0 aromatic heterocycles. The highest BCUT2D eigenvalue weighted by molar-refractivity contribution is 5.98. The van der Waals surface area contributed by atoms with Gasteiger partial charge in [0.2, 0.25) is 0 Å². The normalized spacial score (nSPS) is 19.8. The summed E-state index contributed by atoms with van der Waals surface area (Å²) < 4.78 is 26.6. The molecule has 0 atom stereocenters. The molecule has 1 aromatic carbocycles. The van der Waals surface area contributed by atoms with Crippen LogP contribution in [-0.4, -0.2) is 5.78 Å². The molecule has 0 N–H and O–H groups in total. The monoisotopic (exact) mass is 252 g/mol. The Hall–Kier alpha value is -1.25. The van der Waals surface area contributed by atoms with Gasteiger partial charge in [-0.1, -0.05) is 13.8 Å². The molecule has 3 heteroatoms. The first-order chi connectivity index (χ1) is 8.39. The molecule has 0 saturated heterocycles. The predicted molar refractivity (Wildman–Crippen MR) is 66.4 cm³/mol. The van der Waals surface area contributed by atoms with Crippen LogP contribution < -0.4 is 0 Å². The second-order valence-electron chi connectivity index (χ2n) is 5.93. The Kier molecular flexibility index (Phi) is 3.51. The zero-order valence-corrected chi connectivity index (χ0v) is 10.8. The van der Waals surface area contributed by atoms with E-state index >= 15 is 0 Å². The molecular weight excluding hydrogens is 234 g/mol. The molecule has 0 bridgehead atoms. The summed E-state index contributed by atoms with van der Waals surface area (Å²) in [7, 11) is 0. The van der Waals surface area contributed by atoms with Gasteiger partial charge in [0.25, 0.3) is 0 Å². The zero-order chi connectivity index (χ0) is 13.3. The molecule has 1 saturated carbocycles. The van der Waals surface area contributed by atoms with Gasteiger partial charge in [0.1, 0.15) is 11.6 Å². The van der Waals surface area contributed by atoms with Crippen LogP contribution in [0.3, 0.4) is 0 Å². The van der Waals surface area contributed by atoms with E-state index < -0.39 is 11.6 Å². The van der Waals surface area contributed by atoms with E-state index in [9.17, 15) is 13.6 Å². The van der Waals surface area contributed by atoms with Gasteiger partial charge in [-0.15, -0.1) is 0 Å². The first-order valence-electron chi connectivity index (χ1n) is 6.38. The summed E-state index contributed by atoms with van der Waals surface area (Å²) in [6.07, 6.45) is 3.45. The predicted octanol–water partition coefficient (Wildman–Crippen LogP) is 4.36. The number of rotatable bonds is 2. The van der Waals surface area contributed by atoms with Gasteiger partial charge in [-0.3, -0.25) is 4.79 Å². The molecule has 0 amide bonds. The first kappa shape index (κ1) is 13.2. The van der Waals surface area contributed by atoms with E-state index in [0.29, 0.717) is 0 Å². The minimum atomic E-state index is -0.619. The van der Waals surface area contributed by atoms with Crippen molar-refractivity contribution in [1.82, 2.24) is 0 Å². The van der Waals surface area contributed by atoms with Crippen LogP contribution in [-0.2, 0) is 0 Å². The molecule has 1 fully saturated rings. The van der Waals surface area contributed by atoms with Crippen molar-refractivity contribution in [2.24, 2.45) is 11.3 Å². The summed E-state index contributed by atoms with van der Waals surface area (Å²) in [4.78, 5) is 12.2. The van der Waals surface area contributed by atoms with Crippen molar-refractivity contribution < 1.29 is 13.6 Å². The summed E-state index contributed by atoms with van der Waals surface area (Å²) in [6, 6.07) is 3.07. The summed E-state index contributed by atoms with van der Waals surface area (Å²) in [6.45, 7) is 4.35. The largest absolute Gasteiger partial charge is 0.294 e. The van der Waals surface area contributed by atoms with Crippen molar-refractivity contribution in [2.45, 2.75) is 39.5 Å². The highest BCUT2D eigenvalue weighted by atomic mass is 19.1. The van der Waals surface area contributed by atoms with Crippen LogP contribution in [0.2, 0.25) is 0 Å². The highest BCUT2D eigenvalue weighted by Gasteiger charge is 2.31. The molecule has 0 aliphatic heterocycles. The number of carbonyl (C=O) groups excluding carboxylic acids is 1. The van der Waals surface area contributed by atoms with Crippen molar-refractivity contribution in [1.29, 1.82) is 0 Å². The molecule has 0 unspecified atom stereocenters. The third-order valence-electron chi connectivity index (χ3n) is 3.90. The first-order valence-corrected chi connectivity index (χ1v) is 6.38. The van der Waals surface area contributed by atoms with Crippen LogP contribution in [0.5, 0.6) is 0 Å². The van der Waals surface area contributed by atoms with Gasteiger partial charge < -0.3 is 0 Å². The number of hydrogen-bond acceptors (Lipinski definition) is 1. The highest BCUT2D eigenvalue weighted by Crippen LogP contribution is 2.39. The number of Topliss-reactive ketones (excluding diaryl/α,β-unsaturated/α-hetero) is 1. The number of halogens is 2. The minimum Gasteiger partial charge on any atom is -0.294 e. The fraction of sp³-hybridized carbons (Fsp3) is 0.533. The fourth-order valence-corrected chi connectivity index (χ4v) is 2.57. The van der Waals surface area contributed by atoms with E-state index in [4.69, 9.17) is 0 Å². The molecule has 0 heterocycles. The van der Waals surface area contributed by atoms with Gasteiger partial charge >= 0.3 is 0 Å². The maximum absolute atomic E-state index is 13.5. The number of benzene rings is 1. The smallest absolute Gasteiger partial charge is 0.168 e. The summed E-state index contributed by atoms with van der Waals surface area (Å²) in [5.41, 5.74) is 0.164. The zero-order valence-electron chi connectivity index (χ0n) is 10.8. The Labute approximate surface area is 106 Å². The Morgan fingerprint density at radius 1 is 1.22 bits per heavy atom. The summed E-state index contributed by atoms with van der Waals surface area (Å²) in [5, 5.41) is 0. The molecule has 1 aliphatic rings. The second kappa shape index (κ2) is 4.79. The maximum Gasteiger partial charge on any atom is 0.168 e. The van der Waals surface area contributed by atoms with E-state index in [2.05, 4.69) is 13.8 Å². The lowest BCUT2D eigenvalue weighted by Crippen LogP contribution is -2.26. The van der Waals surface area contributed by atoms with Crippen molar-refractivity contribution in [3.8, 4) is 0 Å². The SMILES string of the molecule is CC1(C)CCC(C(=O)c2cc(F)ccc2F)CC1. The summed E-state index contributed by atoms with van der Waals surface area (Å²) >= 11 is 0. The van der Waals surface area contributed by atoms with Crippen LogP contribution in [0.1, 0.15) is 49.9 Å². The molecule has 18 heavy (non-hydrogen) atoms. The van der Waals surface area contributed by atoms with Crippen molar-refractivity contribution >= 4 is 5.78 Å². The average Bonchev–Trinajstić information content (AvgIpc) is 2.31. The topological polar surface area (TPSA) is 17.1 Å². The molecule has 1 aliphatic carbocycles. The standard InChI is InChI=1S/C15H18F2O/c1-15(2)7-5-10(6-8-15)14(18)12-9-11(16)3-4-13(12)17/h3-4,9-10H,5-8H2,1-2H3. The van der Waals surface area contributed by atoms with Gasteiger partial charge in [-0.2, -0.15) is 0 Å². The quantitative estimate of drug-likeness (QED) is 0.714. The minimum absolute atomic E-state index is 0.0975. The lowest BCUT2D eigenvalue weighted by atomic mass is 9.71. The maximum atomic E-state index is 13.5. The third kappa shape index (κ3) is 2.77. The molecular formula is C15H18F2O. The van der Waals surface area contributed by atoms with Crippen LogP contribution in [0, 0.1) is 23.0 Å². The van der Waals surface area contributed by atoms with E-state index in [-0.39, 0.29) is 22.7 Å². The van der Waals surface area contributed by atoms with Gasteiger partial charge in [0, 0.05) is 5.92 Å². The number of ketones is 1. The second-order valence-corrected chi connectivity index (χ2v) is 5.93. The Morgan fingerprint density at radius 2 is 1.83 bits per heavy atom. The van der Waals surface area contributed by atoms with E-state index in [1.807, 2.05) is 0 Å². The van der Waals surface area contributed by atoms with Gasteiger partial charge in [0.15, 0.2) is 5.78 Å². The van der Waals surface area contributed by atoms with Crippen LogP contribution in [0.4, 0.5) is 8.78 Å². The molecule has 0 radical (unpaired) electrons. The van der Waals surface area contributed by atoms with Crippen LogP contribution in [0.25, 0.3) is 0 Å². The van der Waals surface area contributed by atoms with E-state index in [1.54, 1.807) is 0 Å². The van der Waals surface area contributed by atoms with E-state index in [1.165, 1.54) is 0 Å². The lowest BCUT2D eigenvalue weighted by molar-refractivity contribution is 0.0833. The summed E-state index contributed by atoms with van der Waals surface area (Å²) in [5.74, 6) is -1.58. The van der Waals surface area contributed by atoms with Crippen molar-refractivity contribution in [2.75, 3.05) is 0 Å². The van der Waals surface area contributed by atoms with Gasteiger partial charge in [-0.05, 0) is 49.3 Å². The molecule has 0 spiro atoms. The Balaban J connectivity index is 2.15. The van der Waals surface area contributed by atoms with Gasteiger partial charge in [-0.25, -0.2) is 8.78 Å². The molecule has 1 nitrogen and oxygen atoms in total. The van der Waals surface area contributed by atoms with Crippen molar-refractivity contribution in [3.05, 3.63) is 35.4 Å². The van der Waals surface area contributed by atoms with Crippen LogP contribution >= 0.6 is 0 Å².